The summed E-state index contributed by atoms with van der Waals surface area (Å²) in [5, 5.41) is 0. The van der Waals surface area contributed by atoms with E-state index in [9.17, 15) is 13.2 Å². The Morgan fingerprint density at radius 2 is 1.79 bits per heavy atom. The van der Waals surface area contributed by atoms with Gasteiger partial charge in [0.05, 0.1) is 4.90 Å². The van der Waals surface area contributed by atoms with Gasteiger partial charge in [0.2, 0.25) is 5.91 Å². The Morgan fingerprint density at radius 3 is 2.26 bits per heavy atom. The summed E-state index contributed by atoms with van der Waals surface area (Å²) in [7, 11) is -3.70. The Bertz CT molecular complexity index is 523. The number of aryl methyl sites for hydroxylation is 1. The van der Waals surface area contributed by atoms with Crippen molar-refractivity contribution in [1.29, 1.82) is 0 Å². The standard InChI is InChI=1S/C13H20N2O3S/c1-4-10(3)13(16)14-15-19(17,18)12-8-6-11(5-2)7-9-12/h6-10,15H,4-5H2,1-3H3,(H,14,16). The summed E-state index contributed by atoms with van der Waals surface area (Å²) in [5.74, 6) is -0.568. The highest BCUT2D eigenvalue weighted by atomic mass is 32.2. The Hall–Kier alpha value is -1.40. The van der Waals surface area contributed by atoms with Crippen molar-refractivity contribution in [2.24, 2.45) is 5.92 Å². The SMILES string of the molecule is CCc1ccc(S(=O)(=O)NNC(=O)C(C)CC)cc1. The lowest BCUT2D eigenvalue weighted by Gasteiger charge is -2.11. The van der Waals surface area contributed by atoms with Gasteiger partial charge in [-0.2, -0.15) is 0 Å². The van der Waals surface area contributed by atoms with E-state index in [4.69, 9.17) is 0 Å². The van der Waals surface area contributed by atoms with E-state index >= 15 is 0 Å². The summed E-state index contributed by atoms with van der Waals surface area (Å²) in [4.78, 5) is 13.7. The summed E-state index contributed by atoms with van der Waals surface area (Å²) in [5.41, 5.74) is 3.28. The maximum absolute atomic E-state index is 11.9. The first-order valence-electron chi connectivity index (χ1n) is 6.31. The molecule has 0 heterocycles. The van der Waals surface area contributed by atoms with Gasteiger partial charge in [-0.25, -0.2) is 8.42 Å². The predicted octanol–water partition coefficient (Wildman–Crippen LogP) is 1.60. The zero-order valence-electron chi connectivity index (χ0n) is 11.4. The van der Waals surface area contributed by atoms with Crippen LogP contribution in [0, 0.1) is 5.92 Å². The highest BCUT2D eigenvalue weighted by Crippen LogP contribution is 2.10. The van der Waals surface area contributed by atoms with Gasteiger partial charge in [-0.1, -0.05) is 32.9 Å². The molecule has 2 N–H and O–H groups in total. The number of amides is 1. The largest absolute Gasteiger partial charge is 0.277 e. The van der Waals surface area contributed by atoms with Gasteiger partial charge in [0.25, 0.3) is 10.0 Å². The highest BCUT2D eigenvalue weighted by molar-refractivity contribution is 7.89. The molecule has 1 rings (SSSR count). The molecule has 0 saturated carbocycles. The lowest BCUT2D eigenvalue weighted by atomic mass is 10.1. The molecule has 0 saturated heterocycles. The monoisotopic (exact) mass is 284 g/mol. The van der Waals surface area contributed by atoms with Gasteiger partial charge in [0.1, 0.15) is 0 Å². The van der Waals surface area contributed by atoms with Crippen LogP contribution in [-0.2, 0) is 21.2 Å². The van der Waals surface area contributed by atoms with Crippen LogP contribution in [0.3, 0.4) is 0 Å². The molecule has 106 valence electrons. The van der Waals surface area contributed by atoms with Crippen molar-refractivity contribution in [3.63, 3.8) is 0 Å². The first kappa shape index (κ1) is 15.7. The van der Waals surface area contributed by atoms with Crippen molar-refractivity contribution in [2.45, 2.75) is 38.5 Å². The molecule has 0 bridgehead atoms. The van der Waals surface area contributed by atoms with E-state index in [1.165, 1.54) is 12.1 Å². The Balaban J connectivity index is 2.73. The topological polar surface area (TPSA) is 75.3 Å². The zero-order valence-corrected chi connectivity index (χ0v) is 12.3. The van der Waals surface area contributed by atoms with E-state index in [1.807, 2.05) is 13.8 Å². The molecule has 0 radical (unpaired) electrons. The van der Waals surface area contributed by atoms with Gasteiger partial charge < -0.3 is 0 Å². The number of hydrogen-bond donors (Lipinski definition) is 2. The third-order valence-electron chi connectivity index (χ3n) is 3.01. The van der Waals surface area contributed by atoms with Crippen LogP contribution in [0.2, 0.25) is 0 Å². The van der Waals surface area contributed by atoms with E-state index in [0.29, 0.717) is 6.42 Å². The molecule has 6 heteroatoms. The first-order valence-corrected chi connectivity index (χ1v) is 7.79. The minimum Gasteiger partial charge on any atom is -0.277 e. The molecule has 1 unspecified atom stereocenters. The molecule has 1 aromatic rings. The van der Waals surface area contributed by atoms with Gasteiger partial charge in [-0.05, 0) is 30.5 Å². The van der Waals surface area contributed by atoms with Gasteiger partial charge in [-0.3, -0.25) is 10.2 Å². The van der Waals surface area contributed by atoms with Crippen LogP contribution >= 0.6 is 0 Å². The molecule has 0 aromatic heterocycles. The lowest BCUT2D eigenvalue weighted by molar-refractivity contribution is -0.125. The summed E-state index contributed by atoms with van der Waals surface area (Å²) in [6.07, 6.45) is 1.50. The van der Waals surface area contributed by atoms with E-state index in [1.54, 1.807) is 19.1 Å². The molecule has 1 amide bonds. The van der Waals surface area contributed by atoms with Crippen LogP contribution in [0.5, 0.6) is 0 Å². The van der Waals surface area contributed by atoms with Crippen LogP contribution in [0.25, 0.3) is 0 Å². The maximum atomic E-state index is 11.9. The van der Waals surface area contributed by atoms with Crippen LogP contribution in [0.15, 0.2) is 29.2 Å². The molecule has 19 heavy (non-hydrogen) atoms. The predicted molar refractivity (Wildman–Crippen MR) is 73.7 cm³/mol. The normalized spacial score (nSPS) is 13.0. The fraction of sp³-hybridized carbons (Fsp3) is 0.462. The molecule has 5 nitrogen and oxygen atoms in total. The molecule has 0 aliphatic rings. The van der Waals surface area contributed by atoms with Crippen LogP contribution in [-0.4, -0.2) is 14.3 Å². The van der Waals surface area contributed by atoms with E-state index in [2.05, 4.69) is 10.3 Å². The average molecular weight is 284 g/mol. The molecular formula is C13H20N2O3S. The van der Waals surface area contributed by atoms with Crippen molar-refractivity contribution in [3.05, 3.63) is 29.8 Å². The quantitative estimate of drug-likeness (QED) is 0.779. The third-order valence-corrected chi connectivity index (χ3v) is 4.27. The molecule has 0 fully saturated rings. The van der Waals surface area contributed by atoms with Gasteiger partial charge >= 0.3 is 0 Å². The first-order chi connectivity index (χ1) is 8.90. The number of sulfonamides is 1. The zero-order chi connectivity index (χ0) is 14.5. The third kappa shape index (κ3) is 4.33. The summed E-state index contributed by atoms with van der Waals surface area (Å²) < 4.78 is 23.8. The van der Waals surface area contributed by atoms with Crippen LogP contribution < -0.4 is 10.3 Å². The number of benzene rings is 1. The summed E-state index contributed by atoms with van der Waals surface area (Å²) >= 11 is 0. The van der Waals surface area contributed by atoms with Crippen LogP contribution in [0.1, 0.15) is 32.8 Å². The van der Waals surface area contributed by atoms with Crippen molar-refractivity contribution >= 4 is 15.9 Å². The number of nitrogens with one attached hydrogen (secondary N) is 2. The smallest absolute Gasteiger partial charge is 0.257 e. The molecular weight excluding hydrogens is 264 g/mol. The molecule has 0 spiro atoms. The van der Waals surface area contributed by atoms with Gasteiger partial charge in [0.15, 0.2) is 0 Å². The van der Waals surface area contributed by atoms with Crippen molar-refractivity contribution < 1.29 is 13.2 Å². The highest BCUT2D eigenvalue weighted by Gasteiger charge is 2.16. The van der Waals surface area contributed by atoms with Crippen molar-refractivity contribution in [1.82, 2.24) is 10.3 Å². The van der Waals surface area contributed by atoms with E-state index < -0.39 is 10.0 Å². The Kier molecular flexibility index (Phi) is 5.50. The second kappa shape index (κ2) is 6.68. The minimum atomic E-state index is -3.70. The van der Waals surface area contributed by atoms with E-state index in [0.717, 1.165) is 12.0 Å². The van der Waals surface area contributed by atoms with Gasteiger partial charge in [0, 0.05) is 5.92 Å². The van der Waals surface area contributed by atoms with Crippen LogP contribution in [0.4, 0.5) is 0 Å². The Labute approximate surface area is 114 Å². The van der Waals surface area contributed by atoms with Gasteiger partial charge in [-0.15, -0.1) is 4.83 Å². The number of hydrogen-bond acceptors (Lipinski definition) is 3. The summed E-state index contributed by atoms with van der Waals surface area (Å²) in [6, 6.07) is 6.56. The molecule has 1 atom stereocenters. The maximum Gasteiger partial charge on any atom is 0.257 e. The fourth-order valence-electron chi connectivity index (χ4n) is 1.39. The second-order valence-electron chi connectivity index (χ2n) is 4.40. The molecule has 0 aliphatic heterocycles. The number of hydrazine groups is 1. The second-order valence-corrected chi connectivity index (χ2v) is 6.08. The number of rotatable bonds is 6. The molecule has 0 aliphatic carbocycles. The minimum absolute atomic E-state index is 0.133. The van der Waals surface area contributed by atoms with Crippen molar-refractivity contribution in [2.75, 3.05) is 0 Å². The average Bonchev–Trinajstić information content (AvgIpc) is 2.44. The molecule has 1 aromatic carbocycles. The number of carbonyl (C=O) groups excluding carboxylic acids is 1. The number of carbonyl (C=O) groups is 1. The van der Waals surface area contributed by atoms with E-state index in [-0.39, 0.29) is 16.7 Å². The fourth-order valence-corrected chi connectivity index (χ4v) is 2.24. The summed E-state index contributed by atoms with van der Waals surface area (Å²) in [6.45, 7) is 5.59. The lowest BCUT2D eigenvalue weighted by Crippen LogP contribution is -2.43. The Morgan fingerprint density at radius 1 is 1.21 bits per heavy atom. The van der Waals surface area contributed by atoms with Crippen molar-refractivity contribution in [3.8, 4) is 0 Å².